The second kappa shape index (κ2) is 5.89. The monoisotopic (exact) mass is 313 g/mol. The van der Waals surface area contributed by atoms with E-state index in [2.05, 4.69) is 23.1 Å². The molecule has 4 rings (SSSR count). The number of nitrogens with zero attached hydrogens (tertiary/aromatic N) is 2. The van der Waals surface area contributed by atoms with Gasteiger partial charge in [0.2, 0.25) is 6.79 Å². The number of hydrogen-bond acceptors (Lipinski definition) is 5. The maximum atomic E-state index is 6.12. The van der Waals surface area contributed by atoms with E-state index in [0.29, 0.717) is 13.3 Å². The van der Waals surface area contributed by atoms with Crippen LogP contribution in [0.25, 0.3) is 0 Å². The number of likely N-dealkylation sites (tertiary alicyclic amines) is 1. The summed E-state index contributed by atoms with van der Waals surface area (Å²) < 4.78 is 11.1. The van der Waals surface area contributed by atoms with Crippen LogP contribution in [0.2, 0.25) is 0 Å². The number of rotatable bonds is 3. The van der Waals surface area contributed by atoms with E-state index in [4.69, 9.17) is 20.2 Å². The molecule has 1 unspecified atom stereocenters. The molecule has 1 aromatic rings. The van der Waals surface area contributed by atoms with Crippen molar-refractivity contribution in [2.75, 3.05) is 33.0 Å². The van der Waals surface area contributed by atoms with E-state index in [1.165, 1.54) is 12.8 Å². The van der Waals surface area contributed by atoms with Gasteiger partial charge in [-0.05, 0) is 37.0 Å². The SMILES string of the molecule is NCC1(Cc2cccc3c2OCO3)C=CC(N2CCCC2)=NC1. The van der Waals surface area contributed by atoms with Crippen molar-refractivity contribution in [1.29, 1.82) is 0 Å². The van der Waals surface area contributed by atoms with E-state index < -0.39 is 0 Å². The summed E-state index contributed by atoms with van der Waals surface area (Å²) in [6.07, 6.45) is 7.76. The summed E-state index contributed by atoms with van der Waals surface area (Å²) in [5.41, 5.74) is 7.14. The first-order valence-corrected chi connectivity index (χ1v) is 8.36. The third-order valence-electron chi connectivity index (χ3n) is 5.00. The van der Waals surface area contributed by atoms with Crippen molar-refractivity contribution in [2.24, 2.45) is 16.1 Å². The summed E-state index contributed by atoms with van der Waals surface area (Å²) in [5, 5.41) is 0. The second-order valence-corrected chi connectivity index (χ2v) is 6.60. The maximum Gasteiger partial charge on any atom is 0.231 e. The lowest BCUT2D eigenvalue weighted by atomic mass is 9.79. The molecule has 0 aliphatic carbocycles. The molecule has 1 aromatic carbocycles. The molecule has 0 aromatic heterocycles. The van der Waals surface area contributed by atoms with E-state index in [9.17, 15) is 0 Å². The molecule has 5 heteroatoms. The van der Waals surface area contributed by atoms with Crippen molar-refractivity contribution < 1.29 is 9.47 Å². The van der Waals surface area contributed by atoms with Crippen molar-refractivity contribution in [1.82, 2.24) is 4.90 Å². The van der Waals surface area contributed by atoms with E-state index in [-0.39, 0.29) is 5.41 Å². The zero-order valence-corrected chi connectivity index (χ0v) is 13.3. The Morgan fingerprint density at radius 1 is 1.22 bits per heavy atom. The fraction of sp³-hybridized carbons (Fsp3) is 0.500. The number of hydrogen-bond donors (Lipinski definition) is 1. The molecule has 3 heterocycles. The molecular formula is C18H23N3O2. The molecule has 1 atom stereocenters. The smallest absolute Gasteiger partial charge is 0.231 e. The Kier molecular flexibility index (Phi) is 3.73. The number of amidine groups is 1. The van der Waals surface area contributed by atoms with Crippen LogP contribution in [-0.2, 0) is 6.42 Å². The van der Waals surface area contributed by atoms with Crippen LogP contribution in [0, 0.1) is 5.41 Å². The Bertz CT molecular complexity index is 650. The molecule has 0 saturated carbocycles. The predicted molar refractivity (Wildman–Crippen MR) is 90.0 cm³/mol. The summed E-state index contributed by atoms with van der Waals surface area (Å²) in [6, 6.07) is 6.05. The standard InChI is InChI=1S/C18H23N3O2/c19-11-18(7-6-16(20-12-18)21-8-1-2-9-21)10-14-4-3-5-15-17(14)23-13-22-15/h3-7H,1-2,8-13,19H2. The van der Waals surface area contributed by atoms with Crippen molar-refractivity contribution in [3.8, 4) is 11.5 Å². The number of nitrogens with two attached hydrogens (primary N) is 1. The van der Waals surface area contributed by atoms with Gasteiger partial charge >= 0.3 is 0 Å². The van der Waals surface area contributed by atoms with Crippen LogP contribution in [0.3, 0.4) is 0 Å². The molecule has 0 spiro atoms. The van der Waals surface area contributed by atoms with Gasteiger partial charge in [-0.1, -0.05) is 18.2 Å². The predicted octanol–water partition coefficient (Wildman–Crippen LogP) is 1.97. The van der Waals surface area contributed by atoms with Gasteiger partial charge < -0.3 is 20.1 Å². The minimum absolute atomic E-state index is 0.135. The number of benzene rings is 1. The highest BCUT2D eigenvalue weighted by Gasteiger charge is 2.32. The van der Waals surface area contributed by atoms with Gasteiger partial charge in [-0.2, -0.15) is 0 Å². The van der Waals surface area contributed by atoms with Gasteiger partial charge in [0.1, 0.15) is 5.84 Å². The van der Waals surface area contributed by atoms with Crippen LogP contribution >= 0.6 is 0 Å². The highest BCUT2D eigenvalue weighted by atomic mass is 16.7. The third-order valence-corrected chi connectivity index (χ3v) is 5.00. The van der Waals surface area contributed by atoms with Crippen LogP contribution in [0.15, 0.2) is 35.3 Å². The average molecular weight is 313 g/mol. The van der Waals surface area contributed by atoms with E-state index >= 15 is 0 Å². The van der Waals surface area contributed by atoms with E-state index in [1.807, 2.05) is 12.1 Å². The summed E-state index contributed by atoms with van der Waals surface area (Å²) >= 11 is 0. The molecule has 1 fully saturated rings. The van der Waals surface area contributed by atoms with Crippen molar-refractivity contribution in [3.63, 3.8) is 0 Å². The molecular weight excluding hydrogens is 290 g/mol. The van der Waals surface area contributed by atoms with Crippen LogP contribution < -0.4 is 15.2 Å². The van der Waals surface area contributed by atoms with Crippen LogP contribution in [-0.4, -0.2) is 43.7 Å². The van der Waals surface area contributed by atoms with Gasteiger partial charge in [-0.3, -0.25) is 4.99 Å². The number of para-hydroxylation sites is 1. The van der Waals surface area contributed by atoms with Crippen molar-refractivity contribution >= 4 is 5.84 Å². The highest BCUT2D eigenvalue weighted by Crippen LogP contribution is 2.39. The number of aliphatic imine (C=N–C) groups is 1. The molecule has 1 saturated heterocycles. The largest absolute Gasteiger partial charge is 0.454 e. The first-order chi connectivity index (χ1) is 11.3. The maximum absolute atomic E-state index is 6.12. The summed E-state index contributed by atoms with van der Waals surface area (Å²) in [4.78, 5) is 7.20. The van der Waals surface area contributed by atoms with Gasteiger partial charge in [0.15, 0.2) is 11.5 Å². The molecule has 0 bridgehead atoms. The lowest BCUT2D eigenvalue weighted by molar-refractivity contribution is 0.172. The summed E-state index contributed by atoms with van der Waals surface area (Å²) in [7, 11) is 0. The Morgan fingerprint density at radius 3 is 2.83 bits per heavy atom. The zero-order chi connectivity index (χ0) is 15.7. The van der Waals surface area contributed by atoms with Crippen LogP contribution in [0.1, 0.15) is 18.4 Å². The third kappa shape index (κ3) is 2.70. The van der Waals surface area contributed by atoms with E-state index in [0.717, 1.165) is 49.0 Å². The molecule has 3 aliphatic heterocycles. The fourth-order valence-electron chi connectivity index (χ4n) is 3.58. The van der Waals surface area contributed by atoms with Gasteiger partial charge in [-0.15, -0.1) is 0 Å². The summed E-state index contributed by atoms with van der Waals surface area (Å²) in [5.74, 6) is 2.81. The van der Waals surface area contributed by atoms with Gasteiger partial charge in [-0.25, -0.2) is 0 Å². The Hall–Kier alpha value is -2.01. The lowest BCUT2D eigenvalue weighted by Gasteiger charge is -2.32. The quantitative estimate of drug-likeness (QED) is 0.927. The minimum atomic E-state index is -0.135. The molecule has 122 valence electrons. The molecule has 3 aliphatic rings. The summed E-state index contributed by atoms with van der Waals surface area (Å²) in [6.45, 7) is 3.85. The fourth-order valence-corrected chi connectivity index (χ4v) is 3.58. The van der Waals surface area contributed by atoms with Gasteiger partial charge in [0.25, 0.3) is 0 Å². The van der Waals surface area contributed by atoms with Crippen molar-refractivity contribution in [3.05, 3.63) is 35.9 Å². The molecule has 23 heavy (non-hydrogen) atoms. The van der Waals surface area contributed by atoms with Gasteiger partial charge in [0.05, 0.1) is 6.54 Å². The zero-order valence-electron chi connectivity index (χ0n) is 13.3. The van der Waals surface area contributed by atoms with Crippen molar-refractivity contribution in [2.45, 2.75) is 19.3 Å². The lowest BCUT2D eigenvalue weighted by Crippen LogP contribution is -2.39. The Labute approximate surface area is 136 Å². The number of ether oxygens (including phenoxy) is 2. The van der Waals surface area contributed by atoms with Crippen LogP contribution in [0.5, 0.6) is 11.5 Å². The molecule has 2 N–H and O–H groups in total. The first-order valence-electron chi connectivity index (χ1n) is 8.36. The number of dihydropyridines is 1. The second-order valence-electron chi connectivity index (χ2n) is 6.60. The molecule has 0 amide bonds. The molecule has 0 radical (unpaired) electrons. The number of fused-ring (bicyclic) bond motifs is 1. The Balaban J connectivity index is 1.54. The topological polar surface area (TPSA) is 60.1 Å². The van der Waals surface area contributed by atoms with Gasteiger partial charge in [0, 0.05) is 25.0 Å². The van der Waals surface area contributed by atoms with Crippen LogP contribution in [0.4, 0.5) is 0 Å². The Morgan fingerprint density at radius 2 is 2.09 bits per heavy atom. The highest BCUT2D eigenvalue weighted by molar-refractivity contribution is 5.94. The normalized spacial score (nSPS) is 25.8. The average Bonchev–Trinajstić information content (AvgIpc) is 3.27. The minimum Gasteiger partial charge on any atom is -0.454 e. The first kappa shape index (κ1) is 14.6. The van der Waals surface area contributed by atoms with E-state index in [1.54, 1.807) is 0 Å². The molecule has 5 nitrogen and oxygen atoms in total.